The first-order chi connectivity index (χ1) is 35.0. The van der Waals surface area contributed by atoms with Crippen LogP contribution in [-0.4, -0.2) is 0 Å². The third-order valence-corrected chi connectivity index (χ3v) is 15.3. The smallest absolute Gasteiger partial charge is 0.192 e. The second-order valence-corrected chi connectivity index (χ2v) is 19.4. The van der Waals surface area contributed by atoms with Crippen LogP contribution >= 0.6 is 0 Å². The second kappa shape index (κ2) is 18.8. The first-order valence-electron chi connectivity index (χ1n) is 25.4. The Bertz CT molecular complexity index is 3440. The quantitative estimate of drug-likeness (QED) is 0.120. The molecule has 1 nitrogen and oxygen atoms in total. The van der Waals surface area contributed by atoms with Gasteiger partial charge in [-0.2, -0.15) is 4.57 Å². The van der Waals surface area contributed by atoms with Crippen molar-refractivity contribution in [1.82, 2.24) is 0 Å². The van der Waals surface area contributed by atoms with E-state index in [1.54, 1.807) is 0 Å². The molecule has 1 aromatic heterocycles. The number of fused-ring (bicyclic) bond motifs is 5. The highest BCUT2D eigenvalue weighted by atomic mass is 15.1. The molecule has 2 heterocycles. The van der Waals surface area contributed by atoms with Crippen LogP contribution in [0.25, 0.3) is 111 Å². The monoisotopic (exact) mass is 910 g/mol. The zero-order valence-corrected chi connectivity index (χ0v) is 40.5. The molecule has 0 fully saturated rings. The lowest BCUT2D eigenvalue weighted by atomic mass is 9.86. The molecule has 1 aliphatic heterocycles. The van der Waals surface area contributed by atoms with E-state index < -0.39 is 0 Å². The van der Waals surface area contributed by atoms with Crippen LogP contribution in [0.2, 0.25) is 0 Å². The van der Waals surface area contributed by atoms with E-state index in [4.69, 9.17) is 0 Å². The van der Waals surface area contributed by atoms with Crippen LogP contribution in [0.15, 0.2) is 255 Å². The van der Waals surface area contributed by atoms with Gasteiger partial charge in [0.05, 0.1) is 10.9 Å². The molecule has 340 valence electrons. The van der Waals surface area contributed by atoms with E-state index in [9.17, 15) is 0 Å². The number of aromatic nitrogens is 1. The van der Waals surface area contributed by atoms with E-state index in [-0.39, 0.29) is 5.54 Å². The molecule has 71 heavy (non-hydrogen) atoms. The maximum absolute atomic E-state index is 2.64. The van der Waals surface area contributed by atoms with E-state index in [0.29, 0.717) is 0 Å². The van der Waals surface area contributed by atoms with E-state index in [2.05, 4.69) is 273 Å². The molecule has 0 atom stereocenters. The summed E-state index contributed by atoms with van der Waals surface area (Å²) in [5.41, 5.74) is 23.2. The van der Waals surface area contributed by atoms with Crippen molar-refractivity contribution in [1.29, 1.82) is 0 Å². The summed E-state index contributed by atoms with van der Waals surface area (Å²) in [5.74, 6) is 0. The minimum atomic E-state index is 0.0616. The lowest BCUT2D eigenvalue weighted by molar-refractivity contribution is -0.756. The van der Waals surface area contributed by atoms with Gasteiger partial charge in [0.1, 0.15) is 0 Å². The molecular weight excluding hydrogens is 855 g/mol. The van der Waals surface area contributed by atoms with Gasteiger partial charge in [0.25, 0.3) is 0 Å². The summed E-state index contributed by atoms with van der Waals surface area (Å²) < 4.78 is 2.64. The van der Waals surface area contributed by atoms with Gasteiger partial charge in [-0.25, -0.2) is 0 Å². The summed E-state index contributed by atoms with van der Waals surface area (Å²) in [4.78, 5) is 0. The molecule has 0 radical (unpaired) electrons. The molecule has 1 heteroatoms. The SMILES string of the molecule is CCC1(CC)CCc2ccc(-c3cccc(-c4cc(-c5cc(-c6ccccc6)cc(-c6ccccc6)c5)cc(-c5cc(-c6ccccc6)cc(-c6ccccc6)c5)c4)c3)cc2-c2c3ccccc3cc[n+]21. The second-order valence-electron chi connectivity index (χ2n) is 19.4. The number of aryl methyl sites for hydroxylation is 1. The van der Waals surface area contributed by atoms with Crippen molar-refractivity contribution in [3.63, 3.8) is 0 Å². The number of hydrogen-bond acceptors (Lipinski definition) is 0. The summed E-state index contributed by atoms with van der Waals surface area (Å²) in [6.07, 6.45) is 6.74. The van der Waals surface area contributed by atoms with Gasteiger partial charge in [0.2, 0.25) is 5.69 Å². The lowest BCUT2D eigenvalue weighted by Gasteiger charge is -2.26. The van der Waals surface area contributed by atoms with Crippen LogP contribution in [0.3, 0.4) is 0 Å². The minimum absolute atomic E-state index is 0.0616. The molecule has 1 aliphatic rings. The fraction of sp³-hybridized carbons (Fsp3) is 0.100. The maximum atomic E-state index is 2.64. The average molecular weight is 911 g/mol. The Kier molecular flexibility index (Phi) is 11.6. The molecule has 0 aliphatic carbocycles. The third-order valence-electron chi connectivity index (χ3n) is 15.3. The van der Waals surface area contributed by atoms with Gasteiger partial charge in [0.15, 0.2) is 11.7 Å². The average Bonchev–Trinajstić information content (AvgIpc) is 3.60. The number of nitrogens with zero attached hydrogens (tertiary/aromatic N) is 1. The van der Waals surface area contributed by atoms with Crippen molar-refractivity contribution in [3.05, 3.63) is 260 Å². The van der Waals surface area contributed by atoms with Crippen molar-refractivity contribution in [2.24, 2.45) is 0 Å². The van der Waals surface area contributed by atoms with Crippen molar-refractivity contribution < 1.29 is 4.57 Å². The van der Waals surface area contributed by atoms with Gasteiger partial charge >= 0.3 is 0 Å². The largest absolute Gasteiger partial charge is 0.221 e. The molecule has 0 N–H and O–H groups in total. The molecule has 0 spiro atoms. The van der Waals surface area contributed by atoms with Crippen molar-refractivity contribution in [2.45, 2.75) is 45.1 Å². The summed E-state index contributed by atoms with van der Waals surface area (Å²) in [6, 6.07) is 92.3. The molecule has 0 saturated heterocycles. The van der Waals surface area contributed by atoms with E-state index in [1.807, 2.05) is 0 Å². The van der Waals surface area contributed by atoms with Gasteiger partial charge in [-0.05, 0) is 179 Å². The Morgan fingerprint density at radius 3 is 1.13 bits per heavy atom. The Morgan fingerprint density at radius 1 is 0.324 bits per heavy atom. The molecule has 0 amide bonds. The minimum Gasteiger partial charge on any atom is -0.192 e. The highest BCUT2D eigenvalue weighted by Crippen LogP contribution is 2.43. The third kappa shape index (κ3) is 8.49. The Hall–Kier alpha value is -8.39. The fourth-order valence-corrected chi connectivity index (χ4v) is 11.3. The van der Waals surface area contributed by atoms with Crippen LogP contribution in [0.1, 0.15) is 38.7 Å². The summed E-state index contributed by atoms with van der Waals surface area (Å²) >= 11 is 0. The summed E-state index contributed by atoms with van der Waals surface area (Å²) in [5, 5.41) is 2.60. The molecule has 12 rings (SSSR count). The van der Waals surface area contributed by atoms with E-state index in [0.717, 1.165) is 25.7 Å². The van der Waals surface area contributed by atoms with Crippen LogP contribution in [0.5, 0.6) is 0 Å². The lowest BCUT2D eigenvalue weighted by Crippen LogP contribution is -2.56. The number of pyridine rings is 1. The van der Waals surface area contributed by atoms with Crippen LogP contribution < -0.4 is 4.57 Å². The predicted octanol–water partition coefficient (Wildman–Crippen LogP) is 18.6. The standard InChI is InChI=1S/C70H56N/c1-3-70(4-2)36-34-54-32-33-57(48-68(54)69-67-31-18-17-28-53(67)35-37-71(69)70)55-29-19-30-56(38-55)62-45-65(63-41-58(49-20-9-5-10-21-49)39-59(42-63)50-22-11-6-12-23-50)47-66(46-62)64-43-60(51-24-13-7-14-25-51)40-61(44-64)52-26-15-8-16-27-52/h5-33,35,37-48H,3-4,34,36H2,1-2H3/q+1. The molecule has 0 saturated carbocycles. The highest BCUT2D eigenvalue weighted by molar-refractivity contribution is 5.95. The Balaban J connectivity index is 1.05. The van der Waals surface area contributed by atoms with Gasteiger partial charge in [-0.1, -0.05) is 184 Å². The Morgan fingerprint density at radius 2 is 0.676 bits per heavy atom. The molecule has 0 bridgehead atoms. The first kappa shape index (κ1) is 43.9. The zero-order chi connectivity index (χ0) is 47.7. The van der Waals surface area contributed by atoms with Gasteiger partial charge in [-0.3, -0.25) is 0 Å². The number of hydrogen-bond donors (Lipinski definition) is 0. The van der Waals surface area contributed by atoms with Crippen LogP contribution in [0, 0.1) is 0 Å². The zero-order valence-electron chi connectivity index (χ0n) is 40.5. The highest BCUT2D eigenvalue weighted by Gasteiger charge is 2.42. The molecular formula is C70H56N+. The van der Waals surface area contributed by atoms with E-state index in [1.165, 1.54) is 117 Å². The number of benzene rings is 10. The van der Waals surface area contributed by atoms with Crippen molar-refractivity contribution in [3.8, 4) is 100 Å². The van der Waals surface area contributed by atoms with Gasteiger partial charge < -0.3 is 0 Å². The maximum Gasteiger partial charge on any atom is 0.221 e. The fourth-order valence-electron chi connectivity index (χ4n) is 11.3. The predicted molar refractivity (Wildman–Crippen MR) is 300 cm³/mol. The van der Waals surface area contributed by atoms with Gasteiger partial charge in [-0.15, -0.1) is 0 Å². The van der Waals surface area contributed by atoms with E-state index >= 15 is 0 Å². The normalized spacial score (nSPS) is 12.8. The first-order valence-corrected chi connectivity index (χ1v) is 25.4. The summed E-state index contributed by atoms with van der Waals surface area (Å²) in [7, 11) is 0. The summed E-state index contributed by atoms with van der Waals surface area (Å²) in [6.45, 7) is 4.74. The number of rotatable bonds is 10. The molecule has 10 aromatic carbocycles. The van der Waals surface area contributed by atoms with Crippen LogP contribution in [-0.2, 0) is 12.0 Å². The van der Waals surface area contributed by atoms with Crippen molar-refractivity contribution >= 4 is 10.8 Å². The topological polar surface area (TPSA) is 3.88 Å². The Labute approximate surface area is 419 Å². The molecule has 11 aromatic rings. The van der Waals surface area contributed by atoms with Crippen LogP contribution in [0.4, 0.5) is 0 Å². The van der Waals surface area contributed by atoms with Crippen molar-refractivity contribution in [2.75, 3.05) is 0 Å². The molecule has 0 unspecified atom stereocenters. The van der Waals surface area contributed by atoms with Gasteiger partial charge in [0, 0.05) is 25.3 Å².